The number of aryl methyl sites for hydroxylation is 1. The van der Waals surface area contributed by atoms with E-state index in [9.17, 15) is 9.59 Å². The molecular formula is C22H28N8O2S2. The lowest BCUT2D eigenvalue weighted by atomic mass is 10.1. The van der Waals surface area contributed by atoms with Gasteiger partial charge in [-0.1, -0.05) is 53.4 Å². The molecule has 3 amide bonds. The van der Waals surface area contributed by atoms with Crippen molar-refractivity contribution in [2.24, 2.45) is 4.99 Å². The van der Waals surface area contributed by atoms with Gasteiger partial charge in [-0.05, 0) is 12.5 Å². The Kier molecular flexibility index (Phi) is 6.70. The molecule has 12 heteroatoms. The Balaban J connectivity index is 1.28. The second-order valence-corrected chi connectivity index (χ2v) is 11.1. The van der Waals surface area contributed by atoms with Crippen molar-refractivity contribution in [3.63, 3.8) is 0 Å². The van der Waals surface area contributed by atoms with Crippen molar-refractivity contribution in [1.29, 1.82) is 0 Å². The van der Waals surface area contributed by atoms with E-state index in [-0.39, 0.29) is 5.91 Å². The van der Waals surface area contributed by atoms with E-state index >= 15 is 0 Å². The molecule has 180 valence electrons. The van der Waals surface area contributed by atoms with Crippen molar-refractivity contribution in [2.45, 2.75) is 30.0 Å². The molecule has 0 radical (unpaired) electrons. The first kappa shape index (κ1) is 23.1. The summed E-state index contributed by atoms with van der Waals surface area (Å²) < 4.78 is 0.918. The highest BCUT2D eigenvalue weighted by Crippen LogP contribution is 2.28. The summed E-state index contributed by atoms with van der Waals surface area (Å²) in [5, 5.41) is 11.7. The zero-order chi connectivity index (χ0) is 23.7. The Morgan fingerprint density at radius 3 is 2.59 bits per heavy atom. The molecule has 2 saturated heterocycles. The third-order valence-corrected chi connectivity index (χ3v) is 8.26. The zero-order valence-corrected chi connectivity index (χ0v) is 20.9. The molecule has 0 aliphatic carbocycles. The van der Waals surface area contributed by atoms with Gasteiger partial charge in [-0.25, -0.2) is 9.79 Å². The molecule has 0 spiro atoms. The van der Waals surface area contributed by atoms with Gasteiger partial charge in [0.25, 0.3) is 5.91 Å². The van der Waals surface area contributed by atoms with E-state index < -0.39 is 18.2 Å². The zero-order valence-electron chi connectivity index (χ0n) is 19.3. The normalized spacial score (nSPS) is 23.2. The maximum atomic E-state index is 12.8. The highest BCUT2D eigenvalue weighted by molar-refractivity contribution is 8.01. The van der Waals surface area contributed by atoms with Crippen molar-refractivity contribution in [1.82, 2.24) is 35.1 Å². The van der Waals surface area contributed by atoms with Crippen LogP contribution in [-0.4, -0.2) is 105 Å². The monoisotopic (exact) mass is 500 g/mol. The summed E-state index contributed by atoms with van der Waals surface area (Å²) in [6.45, 7) is 6.96. The average molecular weight is 501 g/mol. The first-order valence-corrected chi connectivity index (χ1v) is 13.2. The minimum atomic E-state index is -0.517. The van der Waals surface area contributed by atoms with Crippen LogP contribution in [-0.2, 0) is 11.3 Å². The van der Waals surface area contributed by atoms with Crippen LogP contribution in [0.4, 0.5) is 4.79 Å². The van der Waals surface area contributed by atoms with Crippen LogP contribution in [0.3, 0.4) is 0 Å². The fourth-order valence-corrected chi connectivity index (χ4v) is 6.35. The smallest absolute Gasteiger partial charge is 0.325 e. The molecule has 0 bridgehead atoms. The molecular weight excluding hydrogens is 472 g/mol. The minimum Gasteiger partial charge on any atom is -0.340 e. The number of carbonyl (C=O) groups excluding carboxylic acids is 2. The summed E-state index contributed by atoms with van der Waals surface area (Å²) in [5.74, 6) is 1.27. The van der Waals surface area contributed by atoms with E-state index in [0.717, 1.165) is 53.8 Å². The van der Waals surface area contributed by atoms with Gasteiger partial charge in [-0.15, -0.1) is 10.2 Å². The minimum absolute atomic E-state index is 0.286. The van der Waals surface area contributed by atoms with Crippen LogP contribution in [0, 0.1) is 6.92 Å². The first-order chi connectivity index (χ1) is 16.5. The van der Waals surface area contributed by atoms with E-state index in [4.69, 9.17) is 4.99 Å². The van der Waals surface area contributed by atoms with Crippen LogP contribution in [0.2, 0.25) is 0 Å². The number of aromatic nitrogens is 2. The van der Waals surface area contributed by atoms with Gasteiger partial charge in [0.2, 0.25) is 0 Å². The van der Waals surface area contributed by atoms with Crippen molar-refractivity contribution in [3.8, 4) is 0 Å². The van der Waals surface area contributed by atoms with Gasteiger partial charge in [0, 0.05) is 52.1 Å². The number of piperazine rings is 1. The molecule has 4 heterocycles. The van der Waals surface area contributed by atoms with Gasteiger partial charge in [-0.3, -0.25) is 15.0 Å². The van der Waals surface area contributed by atoms with Gasteiger partial charge in [-0.2, -0.15) is 0 Å². The molecule has 1 N–H and O–H groups in total. The third-order valence-electron chi connectivity index (χ3n) is 6.31. The SMILES string of the molecule is Cc1nnc(SCCN2C(N3CCN(Cc4ccccc4)CC3)=NC3C2C(=O)NC(=O)N3C)s1. The van der Waals surface area contributed by atoms with Crippen LogP contribution in [0.1, 0.15) is 10.6 Å². The number of thioether (sulfide) groups is 1. The Morgan fingerprint density at radius 1 is 1.12 bits per heavy atom. The van der Waals surface area contributed by atoms with Gasteiger partial charge < -0.3 is 14.7 Å². The number of hydrogen-bond acceptors (Lipinski definition) is 10. The Labute approximate surface area is 207 Å². The van der Waals surface area contributed by atoms with Crippen LogP contribution in [0.5, 0.6) is 0 Å². The quantitative estimate of drug-likeness (QED) is 0.593. The molecule has 2 atom stereocenters. The number of guanidine groups is 1. The molecule has 5 rings (SSSR count). The molecule has 3 aliphatic heterocycles. The lowest BCUT2D eigenvalue weighted by Crippen LogP contribution is -2.64. The highest BCUT2D eigenvalue weighted by Gasteiger charge is 2.49. The van der Waals surface area contributed by atoms with Crippen LogP contribution >= 0.6 is 23.1 Å². The number of amides is 3. The predicted octanol–water partition coefficient (Wildman–Crippen LogP) is 1.30. The first-order valence-electron chi connectivity index (χ1n) is 11.4. The molecule has 2 aromatic rings. The number of nitrogens with one attached hydrogen (secondary N) is 1. The van der Waals surface area contributed by atoms with Crippen LogP contribution < -0.4 is 5.32 Å². The average Bonchev–Trinajstić information content (AvgIpc) is 3.43. The number of urea groups is 1. The molecule has 2 fully saturated rings. The Hall–Kier alpha value is -2.70. The summed E-state index contributed by atoms with van der Waals surface area (Å²) in [7, 11) is 1.70. The lowest BCUT2D eigenvalue weighted by molar-refractivity contribution is -0.127. The fraction of sp³-hybridized carbons (Fsp3) is 0.500. The number of carbonyl (C=O) groups is 2. The fourth-order valence-electron chi connectivity index (χ4n) is 4.53. The number of benzene rings is 1. The summed E-state index contributed by atoms with van der Waals surface area (Å²) in [4.78, 5) is 38.2. The van der Waals surface area contributed by atoms with E-state index in [1.165, 1.54) is 10.5 Å². The van der Waals surface area contributed by atoms with Crippen molar-refractivity contribution in [2.75, 3.05) is 45.5 Å². The number of aliphatic imine (C=N–C) groups is 1. The van der Waals surface area contributed by atoms with E-state index in [1.807, 2.05) is 13.0 Å². The Morgan fingerprint density at radius 2 is 1.88 bits per heavy atom. The number of nitrogens with zero attached hydrogens (tertiary/aromatic N) is 7. The van der Waals surface area contributed by atoms with Gasteiger partial charge in [0.15, 0.2) is 22.5 Å². The molecule has 0 saturated carbocycles. The molecule has 2 unspecified atom stereocenters. The van der Waals surface area contributed by atoms with E-state index in [1.54, 1.807) is 30.1 Å². The van der Waals surface area contributed by atoms with Crippen molar-refractivity contribution in [3.05, 3.63) is 40.9 Å². The van der Waals surface area contributed by atoms with Crippen LogP contribution in [0.25, 0.3) is 0 Å². The maximum Gasteiger partial charge on any atom is 0.325 e. The highest BCUT2D eigenvalue weighted by atomic mass is 32.2. The topological polar surface area (TPSA) is 97.3 Å². The summed E-state index contributed by atoms with van der Waals surface area (Å²) >= 11 is 3.20. The number of hydrogen-bond donors (Lipinski definition) is 1. The second-order valence-electron chi connectivity index (χ2n) is 8.57. The number of fused-ring (bicyclic) bond motifs is 1. The summed E-state index contributed by atoms with van der Waals surface area (Å²) in [5.41, 5.74) is 1.31. The molecule has 10 nitrogen and oxygen atoms in total. The lowest BCUT2D eigenvalue weighted by Gasteiger charge is -2.40. The van der Waals surface area contributed by atoms with E-state index in [0.29, 0.717) is 6.54 Å². The molecule has 34 heavy (non-hydrogen) atoms. The number of imide groups is 1. The summed E-state index contributed by atoms with van der Waals surface area (Å²) in [6, 6.07) is 9.57. The van der Waals surface area contributed by atoms with Gasteiger partial charge in [0.1, 0.15) is 5.01 Å². The van der Waals surface area contributed by atoms with Crippen molar-refractivity contribution >= 4 is 41.0 Å². The number of rotatable bonds is 6. The predicted molar refractivity (Wildman–Crippen MR) is 132 cm³/mol. The van der Waals surface area contributed by atoms with Gasteiger partial charge in [0.05, 0.1) is 0 Å². The summed E-state index contributed by atoms with van der Waals surface area (Å²) in [6.07, 6.45) is -0.507. The third kappa shape index (κ3) is 4.75. The number of likely N-dealkylation sites (N-methyl/N-ethyl adjacent to an activating group) is 1. The maximum absolute atomic E-state index is 12.8. The molecule has 1 aromatic heterocycles. The molecule has 1 aromatic carbocycles. The largest absolute Gasteiger partial charge is 0.340 e. The van der Waals surface area contributed by atoms with Crippen LogP contribution in [0.15, 0.2) is 39.7 Å². The Bertz CT molecular complexity index is 1070. The van der Waals surface area contributed by atoms with E-state index in [2.05, 4.69) is 54.5 Å². The molecule has 3 aliphatic rings. The standard InChI is InChI=1S/C22H28N8O2S2/c1-15-25-26-22(34-15)33-13-12-30-17-18(27(2)21(32)24-19(17)31)23-20(30)29-10-8-28(9-11-29)14-16-6-4-3-5-7-16/h3-7,17-18H,8-14H2,1-2H3,(H,24,31,32). The van der Waals surface area contributed by atoms with Crippen molar-refractivity contribution < 1.29 is 9.59 Å². The second kappa shape index (κ2) is 9.88. The van der Waals surface area contributed by atoms with Gasteiger partial charge >= 0.3 is 6.03 Å².